The molecule has 1 nitrogen and oxygen atoms in total. The molecule has 0 bridgehead atoms. The van der Waals surface area contributed by atoms with E-state index in [1.165, 1.54) is 12.1 Å². The van der Waals surface area contributed by atoms with Crippen LogP contribution in [0.25, 0.3) is 0 Å². The third-order valence-corrected chi connectivity index (χ3v) is 3.91. The molecule has 20 heavy (non-hydrogen) atoms. The van der Waals surface area contributed by atoms with E-state index in [9.17, 15) is 9.18 Å². The summed E-state index contributed by atoms with van der Waals surface area (Å²) in [5.74, 6) is -0.342. The van der Waals surface area contributed by atoms with E-state index < -0.39 is 11.2 Å². The Kier molecular flexibility index (Phi) is 4.24. The molecule has 0 aliphatic heterocycles. The maximum Gasteiger partial charge on any atom is 0.147 e. The van der Waals surface area contributed by atoms with E-state index in [1.54, 1.807) is 6.07 Å². The van der Waals surface area contributed by atoms with Gasteiger partial charge in [0, 0.05) is 16.9 Å². The van der Waals surface area contributed by atoms with Gasteiger partial charge in [-0.2, -0.15) is 0 Å². The lowest BCUT2D eigenvalue weighted by atomic mass is 9.78. The number of halogens is 2. The second-order valence-electron chi connectivity index (χ2n) is 5.33. The summed E-state index contributed by atoms with van der Waals surface area (Å²) < 4.78 is 13.0. The van der Waals surface area contributed by atoms with Crippen LogP contribution in [0.5, 0.6) is 0 Å². The van der Waals surface area contributed by atoms with Crippen LogP contribution in [-0.2, 0) is 16.6 Å². The SMILES string of the molecule is CC(C)(C(=O)Cc1ccc(F)cc1Cl)c1ccccc1. The van der Waals surface area contributed by atoms with Crippen LogP contribution in [0.2, 0.25) is 5.02 Å². The lowest BCUT2D eigenvalue weighted by Gasteiger charge is -2.24. The van der Waals surface area contributed by atoms with Crippen LogP contribution in [0.4, 0.5) is 4.39 Å². The molecule has 0 aliphatic carbocycles. The molecule has 0 saturated carbocycles. The molecule has 0 fully saturated rings. The van der Waals surface area contributed by atoms with Crippen molar-refractivity contribution in [2.45, 2.75) is 25.7 Å². The van der Waals surface area contributed by atoms with Crippen molar-refractivity contribution in [3.63, 3.8) is 0 Å². The van der Waals surface area contributed by atoms with Crippen LogP contribution >= 0.6 is 11.6 Å². The Bertz CT molecular complexity index is 620. The van der Waals surface area contributed by atoms with Gasteiger partial charge in [-0.3, -0.25) is 4.79 Å². The molecule has 0 saturated heterocycles. The van der Waals surface area contributed by atoms with Gasteiger partial charge in [-0.05, 0) is 37.1 Å². The van der Waals surface area contributed by atoms with E-state index in [1.807, 2.05) is 44.2 Å². The molecule has 2 aromatic carbocycles. The summed E-state index contributed by atoms with van der Waals surface area (Å²) >= 11 is 5.98. The summed E-state index contributed by atoms with van der Waals surface area (Å²) in [6.07, 6.45) is 0.195. The average molecular weight is 291 g/mol. The minimum atomic E-state index is -0.598. The molecular weight excluding hydrogens is 275 g/mol. The number of benzene rings is 2. The number of carbonyl (C=O) groups excluding carboxylic acids is 1. The Labute approximate surface area is 123 Å². The summed E-state index contributed by atoms with van der Waals surface area (Å²) in [5, 5.41) is 0.294. The maximum absolute atomic E-state index is 13.0. The van der Waals surface area contributed by atoms with Crippen molar-refractivity contribution in [2.75, 3.05) is 0 Å². The maximum atomic E-state index is 13.0. The van der Waals surface area contributed by atoms with Crippen molar-refractivity contribution in [2.24, 2.45) is 0 Å². The molecular formula is C17H16ClFO. The zero-order valence-electron chi connectivity index (χ0n) is 11.5. The number of hydrogen-bond acceptors (Lipinski definition) is 1. The summed E-state index contributed by atoms with van der Waals surface area (Å²) in [6.45, 7) is 3.78. The minimum Gasteiger partial charge on any atom is -0.298 e. The van der Waals surface area contributed by atoms with E-state index in [-0.39, 0.29) is 12.2 Å². The number of rotatable bonds is 4. The van der Waals surface area contributed by atoms with E-state index in [0.29, 0.717) is 10.6 Å². The molecule has 0 heterocycles. The number of carbonyl (C=O) groups is 1. The molecule has 2 rings (SSSR count). The number of hydrogen-bond donors (Lipinski definition) is 0. The van der Waals surface area contributed by atoms with Gasteiger partial charge in [-0.15, -0.1) is 0 Å². The standard InChI is InChI=1S/C17H16ClFO/c1-17(2,13-6-4-3-5-7-13)16(20)10-12-8-9-14(19)11-15(12)18/h3-9,11H,10H2,1-2H3. The average Bonchev–Trinajstić information content (AvgIpc) is 2.42. The molecule has 3 heteroatoms. The first kappa shape index (κ1) is 14.7. The molecule has 0 aromatic heterocycles. The molecule has 2 aromatic rings. The normalized spacial score (nSPS) is 11.4. The largest absolute Gasteiger partial charge is 0.298 e. The highest BCUT2D eigenvalue weighted by Crippen LogP contribution is 2.27. The first-order valence-electron chi connectivity index (χ1n) is 6.44. The summed E-state index contributed by atoms with van der Waals surface area (Å²) in [7, 11) is 0. The van der Waals surface area contributed by atoms with Gasteiger partial charge in [-0.1, -0.05) is 48.0 Å². The highest BCUT2D eigenvalue weighted by molar-refractivity contribution is 6.31. The minimum absolute atomic E-state index is 0.0530. The fraction of sp³-hybridized carbons (Fsp3) is 0.235. The Morgan fingerprint density at radius 1 is 1.15 bits per heavy atom. The van der Waals surface area contributed by atoms with Crippen LogP contribution in [-0.4, -0.2) is 5.78 Å². The van der Waals surface area contributed by atoms with Gasteiger partial charge >= 0.3 is 0 Å². The second-order valence-corrected chi connectivity index (χ2v) is 5.73. The lowest BCUT2D eigenvalue weighted by Crippen LogP contribution is -2.30. The third-order valence-electron chi connectivity index (χ3n) is 3.56. The summed E-state index contributed by atoms with van der Waals surface area (Å²) in [4.78, 5) is 12.5. The zero-order valence-corrected chi connectivity index (χ0v) is 12.2. The van der Waals surface area contributed by atoms with Gasteiger partial charge in [0.25, 0.3) is 0 Å². The van der Waals surface area contributed by atoms with Crippen molar-refractivity contribution in [1.82, 2.24) is 0 Å². The van der Waals surface area contributed by atoms with Crippen LogP contribution in [0.15, 0.2) is 48.5 Å². The molecule has 0 aliphatic rings. The fourth-order valence-electron chi connectivity index (χ4n) is 2.07. The predicted molar refractivity (Wildman–Crippen MR) is 79.6 cm³/mol. The fourth-order valence-corrected chi connectivity index (χ4v) is 2.31. The van der Waals surface area contributed by atoms with Crippen LogP contribution in [0.3, 0.4) is 0 Å². The van der Waals surface area contributed by atoms with E-state index in [4.69, 9.17) is 11.6 Å². The molecule has 0 atom stereocenters. The van der Waals surface area contributed by atoms with Crippen LogP contribution < -0.4 is 0 Å². The van der Waals surface area contributed by atoms with Gasteiger partial charge in [0.2, 0.25) is 0 Å². The van der Waals surface area contributed by atoms with Crippen molar-refractivity contribution < 1.29 is 9.18 Å². The Hall–Kier alpha value is -1.67. The van der Waals surface area contributed by atoms with Gasteiger partial charge in [0.15, 0.2) is 0 Å². The number of Topliss-reactive ketones (excluding diaryl/α,β-unsaturated/α-hetero) is 1. The Balaban J connectivity index is 2.23. The highest BCUT2D eigenvalue weighted by Gasteiger charge is 2.29. The van der Waals surface area contributed by atoms with E-state index in [0.717, 1.165) is 5.56 Å². The van der Waals surface area contributed by atoms with Gasteiger partial charge in [0.05, 0.1) is 0 Å². The first-order valence-corrected chi connectivity index (χ1v) is 6.82. The summed E-state index contributed by atoms with van der Waals surface area (Å²) in [6, 6.07) is 13.7. The highest BCUT2D eigenvalue weighted by atomic mass is 35.5. The topological polar surface area (TPSA) is 17.1 Å². The monoisotopic (exact) mass is 290 g/mol. The molecule has 0 N–H and O–H groups in total. The van der Waals surface area contributed by atoms with Crippen LogP contribution in [0, 0.1) is 5.82 Å². The van der Waals surface area contributed by atoms with Gasteiger partial charge in [-0.25, -0.2) is 4.39 Å². The van der Waals surface area contributed by atoms with E-state index in [2.05, 4.69) is 0 Å². The summed E-state index contributed by atoms with van der Waals surface area (Å²) in [5.41, 5.74) is 1.02. The lowest BCUT2D eigenvalue weighted by molar-refractivity contribution is -0.122. The van der Waals surface area contributed by atoms with Crippen LogP contribution in [0.1, 0.15) is 25.0 Å². The smallest absolute Gasteiger partial charge is 0.147 e. The van der Waals surface area contributed by atoms with Gasteiger partial charge < -0.3 is 0 Å². The quantitative estimate of drug-likeness (QED) is 0.806. The van der Waals surface area contributed by atoms with Crippen molar-refractivity contribution in [1.29, 1.82) is 0 Å². The molecule has 104 valence electrons. The third kappa shape index (κ3) is 3.07. The van der Waals surface area contributed by atoms with Gasteiger partial charge in [0.1, 0.15) is 11.6 Å². The molecule has 0 spiro atoms. The zero-order chi connectivity index (χ0) is 14.8. The molecule has 0 unspecified atom stereocenters. The van der Waals surface area contributed by atoms with Crippen molar-refractivity contribution >= 4 is 17.4 Å². The van der Waals surface area contributed by atoms with Crippen molar-refractivity contribution in [3.8, 4) is 0 Å². The Morgan fingerprint density at radius 3 is 2.40 bits per heavy atom. The Morgan fingerprint density at radius 2 is 1.80 bits per heavy atom. The van der Waals surface area contributed by atoms with Crippen molar-refractivity contribution in [3.05, 3.63) is 70.5 Å². The molecule has 0 radical (unpaired) electrons. The number of ketones is 1. The van der Waals surface area contributed by atoms with E-state index >= 15 is 0 Å². The second kappa shape index (κ2) is 5.76. The molecule has 0 amide bonds. The predicted octanol–water partition coefficient (Wildman–Crippen LogP) is 4.57. The first-order chi connectivity index (χ1) is 9.41.